The maximum absolute atomic E-state index is 11.7. The van der Waals surface area contributed by atoms with Crippen LogP contribution in [0.5, 0.6) is 0 Å². The molecule has 108 valence electrons. The molecular formula is C16H22N2O2. The number of likely N-dealkylation sites (N-methyl/N-ethyl adjacent to an activating group) is 1. The Bertz CT molecular complexity index is 564. The molecule has 1 aliphatic rings. The molecule has 0 N–H and O–H groups in total. The molecule has 2 amide bonds. The summed E-state index contributed by atoms with van der Waals surface area (Å²) in [6, 6.07) is 6.18. The van der Waals surface area contributed by atoms with Gasteiger partial charge < -0.3 is 4.90 Å². The van der Waals surface area contributed by atoms with Gasteiger partial charge in [0.25, 0.3) is 0 Å². The molecule has 0 bridgehead atoms. The Hall–Kier alpha value is -1.84. The predicted molar refractivity (Wildman–Crippen MR) is 81.2 cm³/mol. The second-order valence-corrected chi connectivity index (χ2v) is 6.08. The number of rotatable bonds is 1. The van der Waals surface area contributed by atoms with Crippen LogP contribution in [0, 0.1) is 0 Å². The van der Waals surface area contributed by atoms with E-state index in [1.54, 1.807) is 0 Å². The van der Waals surface area contributed by atoms with Gasteiger partial charge in [0.2, 0.25) is 11.8 Å². The fourth-order valence-corrected chi connectivity index (χ4v) is 2.99. The monoisotopic (exact) mass is 274 g/mol. The lowest BCUT2D eigenvalue weighted by atomic mass is 9.81. The van der Waals surface area contributed by atoms with E-state index >= 15 is 0 Å². The zero-order valence-electron chi connectivity index (χ0n) is 13.0. The second kappa shape index (κ2) is 4.62. The van der Waals surface area contributed by atoms with E-state index in [2.05, 4.69) is 32.7 Å². The molecule has 0 saturated carbocycles. The van der Waals surface area contributed by atoms with Crippen LogP contribution in [0.2, 0.25) is 0 Å². The van der Waals surface area contributed by atoms with Crippen molar-refractivity contribution in [1.29, 1.82) is 0 Å². The first-order valence-electron chi connectivity index (χ1n) is 6.86. The average molecular weight is 274 g/mol. The van der Waals surface area contributed by atoms with Crippen LogP contribution < -0.4 is 9.80 Å². The minimum Gasteiger partial charge on any atom is -0.371 e. The lowest BCUT2D eigenvalue weighted by Crippen LogP contribution is -2.36. The zero-order valence-corrected chi connectivity index (χ0v) is 13.0. The Kier molecular flexibility index (Phi) is 3.36. The van der Waals surface area contributed by atoms with Gasteiger partial charge in [0, 0.05) is 38.0 Å². The second-order valence-electron chi connectivity index (χ2n) is 6.08. The minimum absolute atomic E-state index is 0.0145. The molecule has 2 rings (SSSR count). The van der Waals surface area contributed by atoms with Crippen LogP contribution in [-0.4, -0.2) is 24.9 Å². The van der Waals surface area contributed by atoms with Gasteiger partial charge in [-0.15, -0.1) is 0 Å². The van der Waals surface area contributed by atoms with Gasteiger partial charge in [-0.05, 0) is 30.7 Å². The molecule has 0 fully saturated rings. The van der Waals surface area contributed by atoms with Gasteiger partial charge in [0.05, 0.1) is 5.69 Å². The average Bonchev–Trinajstić information content (AvgIpc) is 2.51. The molecular weight excluding hydrogens is 252 g/mol. The zero-order chi connectivity index (χ0) is 15.2. The molecule has 20 heavy (non-hydrogen) atoms. The smallest absolute Gasteiger partial charge is 0.230 e. The Morgan fingerprint density at radius 2 is 1.75 bits per heavy atom. The van der Waals surface area contributed by atoms with Crippen molar-refractivity contribution >= 4 is 23.2 Å². The van der Waals surface area contributed by atoms with Crippen LogP contribution in [0.25, 0.3) is 0 Å². The number of benzene rings is 1. The fourth-order valence-electron chi connectivity index (χ4n) is 2.99. The maximum atomic E-state index is 11.7. The van der Waals surface area contributed by atoms with E-state index in [9.17, 15) is 9.59 Å². The summed E-state index contributed by atoms with van der Waals surface area (Å²) in [6.45, 7) is 9.39. The van der Waals surface area contributed by atoms with Crippen LogP contribution in [-0.2, 0) is 15.0 Å². The lowest BCUT2D eigenvalue weighted by molar-refractivity contribution is -0.124. The summed E-state index contributed by atoms with van der Waals surface area (Å²) in [7, 11) is 2.08. The molecule has 4 nitrogen and oxygen atoms in total. The number of hydrogen-bond acceptors (Lipinski definition) is 3. The summed E-state index contributed by atoms with van der Waals surface area (Å²) in [6.07, 6.45) is 0. The molecule has 0 spiro atoms. The van der Waals surface area contributed by atoms with Crippen LogP contribution in [0.4, 0.5) is 11.4 Å². The number of carbonyl (C=O) groups is 2. The molecule has 1 aromatic carbocycles. The lowest BCUT2D eigenvalue weighted by Gasteiger charge is -2.28. The van der Waals surface area contributed by atoms with Crippen molar-refractivity contribution in [3.8, 4) is 0 Å². The molecule has 1 heterocycles. The predicted octanol–water partition coefficient (Wildman–Crippen LogP) is 2.70. The van der Waals surface area contributed by atoms with Crippen LogP contribution in [0.3, 0.4) is 0 Å². The number of carbonyl (C=O) groups excluding carboxylic acids is 2. The van der Waals surface area contributed by atoms with Crippen LogP contribution in [0.1, 0.15) is 40.2 Å². The van der Waals surface area contributed by atoms with E-state index in [4.69, 9.17) is 0 Å². The van der Waals surface area contributed by atoms with Crippen molar-refractivity contribution in [3.63, 3.8) is 0 Å². The van der Waals surface area contributed by atoms with Crippen molar-refractivity contribution in [2.24, 2.45) is 0 Å². The van der Waals surface area contributed by atoms with Crippen molar-refractivity contribution in [2.45, 2.75) is 46.1 Å². The quantitative estimate of drug-likeness (QED) is 0.790. The summed E-state index contributed by atoms with van der Waals surface area (Å²) >= 11 is 0. The Labute approximate surface area is 120 Å². The molecule has 1 unspecified atom stereocenters. The van der Waals surface area contributed by atoms with Crippen LogP contribution >= 0.6 is 0 Å². The standard InChI is InChI=1S/C16H22N2O2/c1-10-16(4,5)14-9-13(7-8-15(14)17(10)6)18(11(2)19)12(3)20/h7-10H,1-6H3. The Balaban J connectivity index is 2.56. The largest absolute Gasteiger partial charge is 0.371 e. The van der Waals surface area contributed by atoms with Crippen LogP contribution in [0.15, 0.2) is 18.2 Å². The number of nitrogens with zero attached hydrogens (tertiary/aromatic N) is 2. The summed E-state index contributed by atoms with van der Waals surface area (Å²) in [5, 5.41) is 0. The van der Waals surface area contributed by atoms with E-state index in [-0.39, 0.29) is 17.2 Å². The highest BCUT2D eigenvalue weighted by atomic mass is 16.2. The van der Waals surface area contributed by atoms with Crippen molar-refractivity contribution in [1.82, 2.24) is 0 Å². The number of imide groups is 1. The number of hydrogen-bond donors (Lipinski definition) is 0. The maximum Gasteiger partial charge on any atom is 0.230 e. The molecule has 0 aliphatic carbocycles. The van der Waals surface area contributed by atoms with Crippen molar-refractivity contribution in [3.05, 3.63) is 23.8 Å². The van der Waals surface area contributed by atoms with E-state index in [0.29, 0.717) is 11.7 Å². The first kappa shape index (κ1) is 14.6. The molecule has 1 aliphatic heterocycles. The molecule has 4 heteroatoms. The summed E-state index contributed by atoms with van der Waals surface area (Å²) in [5.74, 6) is -0.510. The van der Waals surface area contributed by atoms with Gasteiger partial charge in [-0.1, -0.05) is 13.8 Å². The first-order valence-corrected chi connectivity index (χ1v) is 6.86. The van der Waals surface area contributed by atoms with E-state index in [1.165, 1.54) is 30.0 Å². The molecule has 0 aromatic heterocycles. The molecule has 0 radical (unpaired) electrons. The Morgan fingerprint density at radius 1 is 1.20 bits per heavy atom. The third-order valence-electron chi connectivity index (χ3n) is 4.57. The third kappa shape index (κ3) is 1.99. The Morgan fingerprint density at radius 3 is 2.25 bits per heavy atom. The van der Waals surface area contributed by atoms with Gasteiger partial charge in [0.15, 0.2) is 0 Å². The summed E-state index contributed by atoms with van der Waals surface area (Å²) < 4.78 is 0. The molecule has 0 saturated heterocycles. The number of anilines is 2. The number of amides is 2. The van der Waals surface area contributed by atoms with E-state index < -0.39 is 0 Å². The van der Waals surface area contributed by atoms with Gasteiger partial charge in [0.1, 0.15) is 0 Å². The van der Waals surface area contributed by atoms with Gasteiger partial charge >= 0.3 is 0 Å². The van der Waals surface area contributed by atoms with Gasteiger partial charge in [-0.25, -0.2) is 0 Å². The number of fused-ring (bicyclic) bond motifs is 1. The first-order chi connectivity index (χ1) is 9.17. The van der Waals surface area contributed by atoms with E-state index in [0.717, 1.165) is 0 Å². The highest BCUT2D eigenvalue weighted by Gasteiger charge is 2.40. The molecule has 1 atom stereocenters. The topological polar surface area (TPSA) is 40.6 Å². The van der Waals surface area contributed by atoms with E-state index in [1.807, 2.05) is 18.2 Å². The minimum atomic E-state index is -0.255. The van der Waals surface area contributed by atoms with Gasteiger partial charge in [-0.3, -0.25) is 14.5 Å². The molecule has 1 aromatic rings. The van der Waals surface area contributed by atoms with Crippen molar-refractivity contribution in [2.75, 3.05) is 16.8 Å². The highest BCUT2D eigenvalue weighted by Crippen LogP contribution is 2.45. The van der Waals surface area contributed by atoms with Crippen molar-refractivity contribution < 1.29 is 9.59 Å². The normalized spacial score (nSPS) is 19.7. The summed E-state index contributed by atoms with van der Waals surface area (Å²) in [5.41, 5.74) is 2.98. The fraction of sp³-hybridized carbons (Fsp3) is 0.500. The van der Waals surface area contributed by atoms with Gasteiger partial charge in [-0.2, -0.15) is 0 Å². The SMILES string of the molecule is CC(=O)N(C(C)=O)c1ccc2c(c1)C(C)(C)C(C)N2C. The third-order valence-corrected chi connectivity index (χ3v) is 4.57. The summed E-state index contributed by atoms with van der Waals surface area (Å²) in [4.78, 5) is 26.8. The highest BCUT2D eigenvalue weighted by molar-refractivity contribution is 6.13.